The van der Waals surface area contributed by atoms with E-state index in [0.717, 1.165) is 57.7 Å². The van der Waals surface area contributed by atoms with E-state index in [9.17, 15) is 5.11 Å². The quantitative estimate of drug-likeness (QED) is 0.800. The Bertz CT molecular complexity index is 373. The molecule has 0 unspecified atom stereocenters. The van der Waals surface area contributed by atoms with Gasteiger partial charge in [0.1, 0.15) is 5.75 Å². The molecule has 19 heavy (non-hydrogen) atoms. The minimum Gasteiger partial charge on any atom is -0.493 e. The van der Waals surface area contributed by atoms with Crippen molar-refractivity contribution in [1.82, 2.24) is 4.90 Å². The smallest absolute Gasteiger partial charge is 0.122 e. The van der Waals surface area contributed by atoms with Crippen LogP contribution < -0.4 is 4.74 Å². The second-order valence-corrected chi connectivity index (χ2v) is 5.24. The Morgan fingerprint density at radius 1 is 1.26 bits per heavy atom. The Labute approximate surface area is 116 Å². The standard InChI is InChI=1S/C16H25NO2/c1-2-14-6-3-4-7-16(14)19-13-5-10-17-11-8-15(18)9-12-17/h3-4,6-7,15,18H,2,5,8-13H2,1H3. The highest BCUT2D eigenvalue weighted by molar-refractivity contribution is 5.33. The predicted molar refractivity (Wildman–Crippen MR) is 77.6 cm³/mol. The van der Waals surface area contributed by atoms with Crippen molar-refractivity contribution < 1.29 is 9.84 Å². The summed E-state index contributed by atoms with van der Waals surface area (Å²) >= 11 is 0. The molecule has 1 aliphatic heterocycles. The van der Waals surface area contributed by atoms with Crippen LogP contribution in [-0.2, 0) is 6.42 Å². The molecular formula is C16H25NO2. The van der Waals surface area contributed by atoms with Crippen molar-refractivity contribution in [2.45, 2.75) is 38.7 Å². The molecule has 106 valence electrons. The summed E-state index contributed by atoms with van der Waals surface area (Å²) < 4.78 is 5.86. The Morgan fingerprint density at radius 2 is 2.00 bits per heavy atom. The predicted octanol–water partition coefficient (Wildman–Crippen LogP) is 2.47. The molecule has 2 rings (SSSR count). The maximum Gasteiger partial charge on any atom is 0.122 e. The Morgan fingerprint density at radius 3 is 2.74 bits per heavy atom. The highest BCUT2D eigenvalue weighted by atomic mass is 16.5. The number of benzene rings is 1. The summed E-state index contributed by atoms with van der Waals surface area (Å²) in [6.07, 6.45) is 3.82. The van der Waals surface area contributed by atoms with Gasteiger partial charge in [0.25, 0.3) is 0 Å². The number of para-hydroxylation sites is 1. The van der Waals surface area contributed by atoms with Crippen LogP contribution in [0.2, 0.25) is 0 Å². The van der Waals surface area contributed by atoms with Gasteiger partial charge in [0.05, 0.1) is 12.7 Å². The molecule has 0 radical (unpaired) electrons. The van der Waals surface area contributed by atoms with E-state index in [0.29, 0.717) is 0 Å². The molecule has 1 N–H and O–H groups in total. The van der Waals surface area contributed by atoms with E-state index >= 15 is 0 Å². The zero-order chi connectivity index (χ0) is 13.5. The SMILES string of the molecule is CCc1ccccc1OCCCN1CCC(O)CC1. The molecule has 0 aromatic heterocycles. The second kappa shape index (κ2) is 7.51. The van der Waals surface area contributed by atoms with E-state index in [-0.39, 0.29) is 6.10 Å². The van der Waals surface area contributed by atoms with Gasteiger partial charge in [-0.05, 0) is 37.3 Å². The van der Waals surface area contributed by atoms with Crippen molar-refractivity contribution in [3.63, 3.8) is 0 Å². The number of aryl methyl sites for hydroxylation is 1. The number of likely N-dealkylation sites (tertiary alicyclic amines) is 1. The molecule has 0 atom stereocenters. The monoisotopic (exact) mass is 263 g/mol. The highest BCUT2D eigenvalue weighted by Crippen LogP contribution is 2.18. The molecule has 1 aromatic rings. The first kappa shape index (κ1) is 14.4. The summed E-state index contributed by atoms with van der Waals surface area (Å²) in [5.74, 6) is 1.03. The molecule has 1 saturated heterocycles. The summed E-state index contributed by atoms with van der Waals surface area (Å²) in [7, 11) is 0. The summed E-state index contributed by atoms with van der Waals surface area (Å²) in [4.78, 5) is 2.42. The van der Waals surface area contributed by atoms with Crippen LogP contribution in [0, 0.1) is 0 Å². The van der Waals surface area contributed by atoms with Crippen LogP contribution in [0.5, 0.6) is 5.75 Å². The van der Waals surface area contributed by atoms with Gasteiger partial charge >= 0.3 is 0 Å². The van der Waals surface area contributed by atoms with Gasteiger partial charge < -0.3 is 14.7 Å². The van der Waals surface area contributed by atoms with E-state index < -0.39 is 0 Å². The first-order valence-corrected chi connectivity index (χ1v) is 7.40. The van der Waals surface area contributed by atoms with Crippen molar-refractivity contribution >= 4 is 0 Å². The van der Waals surface area contributed by atoms with Crippen molar-refractivity contribution in [1.29, 1.82) is 0 Å². The maximum absolute atomic E-state index is 9.45. The molecule has 0 bridgehead atoms. The van der Waals surface area contributed by atoms with Gasteiger partial charge in [-0.15, -0.1) is 0 Å². The molecule has 0 spiro atoms. The molecule has 0 saturated carbocycles. The number of piperidine rings is 1. The molecular weight excluding hydrogens is 238 g/mol. The lowest BCUT2D eigenvalue weighted by Crippen LogP contribution is -2.36. The van der Waals surface area contributed by atoms with Crippen molar-refractivity contribution in [3.8, 4) is 5.75 Å². The van der Waals surface area contributed by atoms with E-state index in [1.807, 2.05) is 6.07 Å². The van der Waals surface area contributed by atoms with Gasteiger partial charge in [-0.2, -0.15) is 0 Å². The third-order valence-corrected chi connectivity index (χ3v) is 3.79. The number of aliphatic hydroxyl groups excluding tert-OH is 1. The van der Waals surface area contributed by atoms with Gasteiger partial charge in [0.2, 0.25) is 0 Å². The Kier molecular flexibility index (Phi) is 5.67. The summed E-state index contributed by atoms with van der Waals surface area (Å²) in [5.41, 5.74) is 1.28. The van der Waals surface area contributed by atoms with Crippen molar-refractivity contribution in [2.75, 3.05) is 26.2 Å². The molecule has 1 heterocycles. The van der Waals surface area contributed by atoms with Gasteiger partial charge in [0, 0.05) is 19.6 Å². The topological polar surface area (TPSA) is 32.7 Å². The highest BCUT2D eigenvalue weighted by Gasteiger charge is 2.16. The van der Waals surface area contributed by atoms with Gasteiger partial charge in [-0.3, -0.25) is 0 Å². The average molecular weight is 263 g/mol. The Balaban J connectivity index is 1.66. The van der Waals surface area contributed by atoms with Crippen molar-refractivity contribution in [3.05, 3.63) is 29.8 Å². The molecule has 1 aliphatic rings. The van der Waals surface area contributed by atoms with E-state index in [1.165, 1.54) is 5.56 Å². The molecule has 3 nitrogen and oxygen atoms in total. The van der Waals surface area contributed by atoms with Crippen molar-refractivity contribution in [2.24, 2.45) is 0 Å². The van der Waals surface area contributed by atoms with Gasteiger partial charge in [-0.1, -0.05) is 25.1 Å². The fourth-order valence-corrected chi connectivity index (χ4v) is 2.55. The van der Waals surface area contributed by atoms with Crippen LogP contribution in [0.4, 0.5) is 0 Å². The third-order valence-electron chi connectivity index (χ3n) is 3.79. The van der Waals surface area contributed by atoms with Crippen LogP contribution in [0.3, 0.4) is 0 Å². The zero-order valence-electron chi connectivity index (χ0n) is 11.8. The second-order valence-electron chi connectivity index (χ2n) is 5.24. The number of rotatable bonds is 6. The summed E-state index contributed by atoms with van der Waals surface area (Å²) in [6, 6.07) is 8.27. The number of aliphatic hydroxyl groups is 1. The average Bonchev–Trinajstić information content (AvgIpc) is 2.46. The van der Waals surface area contributed by atoms with Gasteiger partial charge in [0.15, 0.2) is 0 Å². The van der Waals surface area contributed by atoms with Crippen LogP contribution in [0.15, 0.2) is 24.3 Å². The fraction of sp³-hybridized carbons (Fsp3) is 0.625. The normalized spacial score (nSPS) is 17.6. The maximum atomic E-state index is 9.45. The van der Waals surface area contributed by atoms with Crippen LogP contribution in [-0.4, -0.2) is 42.4 Å². The fourth-order valence-electron chi connectivity index (χ4n) is 2.55. The summed E-state index contributed by atoms with van der Waals surface area (Å²) in [6.45, 7) is 6.04. The summed E-state index contributed by atoms with van der Waals surface area (Å²) in [5, 5.41) is 9.45. The minimum atomic E-state index is -0.0797. The number of hydrogen-bond donors (Lipinski definition) is 1. The lowest BCUT2D eigenvalue weighted by molar-refractivity contribution is 0.0800. The first-order chi connectivity index (χ1) is 9.29. The van der Waals surface area contributed by atoms with E-state index in [2.05, 4.69) is 30.0 Å². The van der Waals surface area contributed by atoms with E-state index in [4.69, 9.17) is 4.74 Å². The van der Waals surface area contributed by atoms with Crippen LogP contribution >= 0.6 is 0 Å². The van der Waals surface area contributed by atoms with Crippen LogP contribution in [0.25, 0.3) is 0 Å². The largest absolute Gasteiger partial charge is 0.493 e. The minimum absolute atomic E-state index is 0.0797. The first-order valence-electron chi connectivity index (χ1n) is 7.40. The lowest BCUT2D eigenvalue weighted by Gasteiger charge is -2.29. The lowest BCUT2D eigenvalue weighted by atomic mass is 10.1. The zero-order valence-corrected chi connectivity index (χ0v) is 11.8. The van der Waals surface area contributed by atoms with Crippen LogP contribution in [0.1, 0.15) is 31.7 Å². The molecule has 1 fully saturated rings. The molecule has 0 aliphatic carbocycles. The number of ether oxygens (including phenoxy) is 1. The molecule has 3 heteroatoms. The number of hydrogen-bond acceptors (Lipinski definition) is 3. The van der Waals surface area contributed by atoms with Gasteiger partial charge in [-0.25, -0.2) is 0 Å². The number of nitrogens with zero attached hydrogens (tertiary/aromatic N) is 1. The Hall–Kier alpha value is -1.06. The van der Waals surface area contributed by atoms with E-state index in [1.54, 1.807) is 0 Å². The third kappa shape index (κ3) is 4.51. The molecule has 0 amide bonds. The molecule has 1 aromatic carbocycles.